The summed E-state index contributed by atoms with van der Waals surface area (Å²) in [5, 5.41) is 3.15. The van der Waals surface area contributed by atoms with Crippen LogP contribution in [0.2, 0.25) is 0 Å². The van der Waals surface area contributed by atoms with E-state index in [0.717, 1.165) is 11.1 Å². The first-order chi connectivity index (χ1) is 12.1. The highest BCUT2D eigenvalue weighted by atomic mass is 16.2. The lowest BCUT2D eigenvalue weighted by Crippen LogP contribution is -2.37. The van der Waals surface area contributed by atoms with Crippen molar-refractivity contribution < 1.29 is 9.59 Å². The number of carbonyl (C=O) groups excluding carboxylic acids is 2. The van der Waals surface area contributed by atoms with E-state index in [2.05, 4.69) is 5.32 Å². The van der Waals surface area contributed by atoms with Crippen LogP contribution in [0.25, 0.3) is 0 Å². The fourth-order valence-electron chi connectivity index (χ4n) is 3.32. The summed E-state index contributed by atoms with van der Waals surface area (Å²) in [5.74, 6) is -0.287. The van der Waals surface area contributed by atoms with Gasteiger partial charge in [-0.3, -0.25) is 9.59 Å². The number of rotatable bonds is 5. The molecule has 1 saturated heterocycles. The second-order valence-electron chi connectivity index (χ2n) is 6.80. The Morgan fingerprint density at radius 1 is 1.00 bits per heavy atom. The summed E-state index contributed by atoms with van der Waals surface area (Å²) in [6.45, 7) is 4.46. The van der Waals surface area contributed by atoms with Gasteiger partial charge < -0.3 is 10.2 Å². The topological polar surface area (TPSA) is 49.4 Å². The van der Waals surface area contributed by atoms with E-state index in [9.17, 15) is 9.59 Å². The van der Waals surface area contributed by atoms with Crippen molar-refractivity contribution in [2.24, 2.45) is 5.92 Å². The van der Waals surface area contributed by atoms with Gasteiger partial charge in [0.2, 0.25) is 11.8 Å². The lowest BCUT2D eigenvalue weighted by atomic mass is 9.97. The van der Waals surface area contributed by atoms with Gasteiger partial charge in [-0.1, -0.05) is 60.7 Å². The molecule has 1 N–H and O–H groups in total. The van der Waals surface area contributed by atoms with Crippen LogP contribution in [0.15, 0.2) is 60.7 Å². The predicted molar refractivity (Wildman–Crippen MR) is 97.8 cm³/mol. The molecule has 0 aromatic heterocycles. The summed E-state index contributed by atoms with van der Waals surface area (Å²) in [6.07, 6.45) is 0.292. The molecule has 2 amide bonds. The standard InChI is InChI=1S/C21H24N2O2/c1-15(2)23-14-18(13-19(23)24)21(25)22-20(16-9-5-3-6-10-16)17-11-7-4-8-12-17/h3-12,15,18,20H,13-14H2,1-2H3,(H,22,25)/t18-/m0/s1. The van der Waals surface area contributed by atoms with Gasteiger partial charge in [0.15, 0.2) is 0 Å². The van der Waals surface area contributed by atoms with E-state index in [0.29, 0.717) is 13.0 Å². The summed E-state index contributed by atoms with van der Waals surface area (Å²) in [5.41, 5.74) is 2.07. The van der Waals surface area contributed by atoms with Gasteiger partial charge in [-0.2, -0.15) is 0 Å². The normalized spacial score (nSPS) is 17.4. The van der Waals surface area contributed by atoms with Crippen molar-refractivity contribution in [2.45, 2.75) is 32.4 Å². The number of hydrogen-bond donors (Lipinski definition) is 1. The molecule has 4 nitrogen and oxygen atoms in total. The van der Waals surface area contributed by atoms with E-state index in [-0.39, 0.29) is 29.8 Å². The molecule has 25 heavy (non-hydrogen) atoms. The largest absolute Gasteiger partial charge is 0.345 e. The molecule has 1 fully saturated rings. The number of carbonyl (C=O) groups is 2. The van der Waals surface area contributed by atoms with Crippen molar-refractivity contribution in [1.82, 2.24) is 10.2 Å². The van der Waals surface area contributed by atoms with Gasteiger partial charge >= 0.3 is 0 Å². The van der Waals surface area contributed by atoms with E-state index in [1.165, 1.54) is 0 Å². The number of hydrogen-bond acceptors (Lipinski definition) is 2. The Bertz CT molecular complexity index is 689. The quantitative estimate of drug-likeness (QED) is 0.912. The first-order valence-electron chi connectivity index (χ1n) is 8.76. The van der Waals surface area contributed by atoms with E-state index >= 15 is 0 Å². The molecular weight excluding hydrogens is 312 g/mol. The lowest BCUT2D eigenvalue weighted by Gasteiger charge is -2.23. The van der Waals surface area contributed by atoms with Crippen LogP contribution < -0.4 is 5.32 Å². The fraction of sp³-hybridized carbons (Fsp3) is 0.333. The van der Waals surface area contributed by atoms with Gasteiger partial charge in [0.1, 0.15) is 0 Å². The monoisotopic (exact) mass is 336 g/mol. The van der Waals surface area contributed by atoms with Crippen LogP contribution in [0, 0.1) is 5.92 Å². The Hall–Kier alpha value is -2.62. The van der Waals surface area contributed by atoms with E-state index in [1.54, 1.807) is 4.90 Å². The zero-order valence-corrected chi connectivity index (χ0v) is 14.7. The summed E-state index contributed by atoms with van der Waals surface area (Å²) >= 11 is 0. The van der Waals surface area contributed by atoms with Gasteiger partial charge in [0, 0.05) is 19.0 Å². The Kier molecular flexibility index (Phi) is 5.17. The maximum absolute atomic E-state index is 12.8. The zero-order valence-electron chi connectivity index (χ0n) is 14.7. The molecule has 1 aliphatic rings. The van der Waals surface area contributed by atoms with Gasteiger partial charge in [0.05, 0.1) is 12.0 Å². The third-order valence-corrected chi connectivity index (χ3v) is 4.70. The maximum atomic E-state index is 12.8. The number of nitrogens with zero attached hydrogens (tertiary/aromatic N) is 1. The van der Waals surface area contributed by atoms with E-state index in [1.807, 2.05) is 74.5 Å². The minimum Gasteiger partial charge on any atom is -0.345 e. The molecule has 0 bridgehead atoms. The second kappa shape index (κ2) is 7.51. The number of amides is 2. The fourth-order valence-corrected chi connectivity index (χ4v) is 3.32. The lowest BCUT2D eigenvalue weighted by molar-refractivity contribution is -0.130. The van der Waals surface area contributed by atoms with Crippen LogP contribution in [-0.2, 0) is 9.59 Å². The molecule has 0 radical (unpaired) electrons. The van der Waals surface area contributed by atoms with Crippen molar-refractivity contribution >= 4 is 11.8 Å². The summed E-state index contributed by atoms with van der Waals surface area (Å²) in [6, 6.07) is 19.8. The minimum absolute atomic E-state index is 0.0609. The molecule has 4 heteroatoms. The van der Waals surface area contributed by atoms with Gasteiger partial charge in [-0.25, -0.2) is 0 Å². The van der Waals surface area contributed by atoms with Crippen molar-refractivity contribution in [1.29, 1.82) is 0 Å². The smallest absolute Gasteiger partial charge is 0.226 e. The summed E-state index contributed by atoms with van der Waals surface area (Å²) in [4.78, 5) is 26.7. The average molecular weight is 336 g/mol. The van der Waals surface area contributed by atoms with E-state index < -0.39 is 0 Å². The SMILES string of the molecule is CC(C)N1C[C@@H](C(=O)NC(c2ccccc2)c2ccccc2)CC1=O. The molecule has 0 unspecified atom stereocenters. The van der Waals surface area contributed by atoms with Crippen LogP contribution >= 0.6 is 0 Å². The predicted octanol–water partition coefficient (Wildman–Crippen LogP) is 3.15. The molecule has 2 aromatic carbocycles. The Morgan fingerprint density at radius 3 is 1.96 bits per heavy atom. The average Bonchev–Trinajstić information content (AvgIpc) is 3.03. The van der Waals surface area contributed by atoms with Crippen LogP contribution in [0.3, 0.4) is 0 Å². The highest BCUT2D eigenvalue weighted by Crippen LogP contribution is 2.25. The highest BCUT2D eigenvalue weighted by molar-refractivity contribution is 5.89. The molecule has 0 spiro atoms. The number of nitrogens with one attached hydrogen (secondary N) is 1. The molecule has 1 aliphatic heterocycles. The molecule has 1 heterocycles. The first-order valence-corrected chi connectivity index (χ1v) is 8.76. The molecular formula is C21H24N2O2. The van der Waals surface area contributed by atoms with Crippen LogP contribution in [0.1, 0.15) is 37.4 Å². The van der Waals surface area contributed by atoms with Crippen LogP contribution in [-0.4, -0.2) is 29.3 Å². The summed E-state index contributed by atoms with van der Waals surface area (Å²) < 4.78 is 0. The Labute approximate surface area is 148 Å². The van der Waals surface area contributed by atoms with Crippen molar-refractivity contribution in [3.63, 3.8) is 0 Å². The van der Waals surface area contributed by atoms with E-state index in [4.69, 9.17) is 0 Å². The molecule has 2 aromatic rings. The van der Waals surface area contributed by atoms with Gasteiger partial charge in [-0.05, 0) is 25.0 Å². The van der Waals surface area contributed by atoms with Crippen molar-refractivity contribution in [3.05, 3.63) is 71.8 Å². The number of likely N-dealkylation sites (tertiary alicyclic amines) is 1. The summed E-state index contributed by atoms with van der Waals surface area (Å²) in [7, 11) is 0. The van der Waals surface area contributed by atoms with Crippen molar-refractivity contribution in [2.75, 3.05) is 6.54 Å². The van der Waals surface area contributed by atoms with Crippen molar-refractivity contribution in [3.8, 4) is 0 Å². The third-order valence-electron chi connectivity index (χ3n) is 4.70. The Balaban J connectivity index is 1.79. The molecule has 3 rings (SSSR count). The Morgan fingerprint density at radius 2 is 1.52 bits per heavy atom. The third kappa shape index (κ3) is 3.90. The maximum Gasteiger partial charge on any atom is 0.226 e. The highest BCUT2D eigenvalue weighted by Gasteiger charge is 2.36. The first kappa shape index (κ1) is 17.2. The van der Waals surface area contributed by atoms with Gasteiger partial charge in [0.25, 0.3) is 0 Å². The molecule has 1 atom stereocenters. The number of benzene rings is 2. The zero-order chi connectivity index (χ0) is 17.8. The molecule has 0 saturated carbocycles. The minimum atomic E-state index is -0.287. The van der Waals surface area contributed by atoms with Crippen LogP contribution in [0.4, 0.5) is 0 Å². The van der Waals surface area contributed by atoms with Gasteiger partial charge in [-0.15, -0.1) is 0 Å². The molecule has 130 valence electrons. The second-order valence-corrected chi connectivity index (χ2v) is 6.80. The van der Waals surface area contributed by atoms with Crippen LogP contribution in [0.5, 0.6) is 0 Å². The molecule has 0 aliphatic carbocycles.